The van der Waals surface area contributed by atoms with E-state index in [1.807, 2.05) is 36.7 Å². The normalized spacial score (nSPS) is 15.1. The SMILES string of the molecule is Cn1ccnc1CN1CCN(c2nc(-c3ccccc3)nc3ccccc23)CC1. The Bertz CT molecular complexity index is 1110. The van der Waals surface area contributed by atoms with Crippen molar-refractivity contribution < 1.29 is 0 Å². The summed E-state index contributed by atoms with van der Waals surface area (Å²) in [6.45, 7) is 4.76. The first-order chi connectivity index (χ1) is 14.3. The molecule has 1 aliphatic rings. The van der Waals surface area contributed by atoms with E-state index in [0.717, 1.165) is 66.7 Å². The molecule has 0 saturated carbocycles. The molecule has 1 saturated heterocycles. The van der Waals surface area contributed by atoms with E-state index < -0.39 is 0 Å². The lowest BCUT2D eigenvalue weighted by atomic mass is 10.1. The first kappa shape index (κ1) is 17.8. The molecule has 0 radical (unpaired) electrons. The van der Waals surface area contributed by atoms with Crippen LogP contribution in [0.15, 0.2) is 67.0 Å². The monoisotopic (exact) mass is 384 g/mol. The van der Waals surface area contributed by atoms with E-state index in [0.29, 0.717) is 0 Å². The van der Waals surface area contributed by atoms with Crippen molar-refractivity contribution in [1.82, 2.24) is 24.4 Å². The van der Waals surface area contributed by atoms with Gasteiger partial charge in [-0.2, -0.15) is 0 Å². The summed E-state index contributed by atoms with van der Waals surface area (Å²) >= 11 is 0. The first-order valence-electron chi connectivity index (χ1n) is 10.0. The first-order valence-corrected chi connectivity index (χ1v) is 10.0. The van der Waals surface area contributed by atoms with Gasteiger partial charge in [-0.05, 0) is 12.1 Å². The average Bonchev–Trinajstić information content (AvgIpc) is 3.18. The van der Waals surface area contributed by atoms with E-state index >= 15 is 0 Å². The Kier molecular flexibility index (Phi) is 4.69. The van der Waals surface area contributed by atoms with Crippen molar-refractivity contribution in [2.75, 3.05) is 31.1 Å². The molecule has 5 rings (SSSR count). The Hall–Kier alpha value is -3.25. The molecular formula is C23H24N6. The lowest BCUT2D eigenvalue weighted by Gasteiger charge is -2.35. The fourth-order valence-corrected chi connectivity index (χ4v) is 3.88. The van der Waals surface area contributed by atoms with E-state index in [2.05, 4.69) is 56.7 Å². The Morgan fingerprint density at radius 3 is 2.38 bits per heavy atom. The van der Waals surface area contributed by atoms with Gasteiger partial charge in [-0.15, -0.1) is 0 Å². The number of nitrogens with zero attached hydrogens (tertiary/aromatic N) is 6. The number of rotatable bonds is 4. The van der Waals surface area contributed by atoms with Crippen molar-refractivity contribution >= 4 is 16.7 Å². The summed E-state index contributed by atoms with van der Waals surface area (Å²) in [5.74, 6) is 2.93. The number of para-hydroxylation sites is 1. The summed E-state index contributed by atoms with van der Waals surface area (Å²) in [6.07, 6.45) is 3.87. The van der Waals surface area contributed by atoms with Crippen molar-refractivity contribution in [2.24, 2.45) is 7.05 Å². The lowest BCUT2D eigenvalue weighted by Crippen LogP contribution is -2.46. The molecule has 0 amide bonds. The smallest absolute Gasteiger partial charge is 0.162 e. The molecule has 4 aromatic rings. The number of imidazole rings is 1. The lowest BCUT2D eigenvalue weighted by molar-refractivity contribution is 0.241. The Balaban J connectivity index is 1.42. The van der Waals surface area contributed by atoms with Crippen LogP contribution in [-0.2, 0) is 13.6 Å². The van der Waals surface area contributed by atoms with E-state index in [-0.39, 0.29) is 0 Å². The third-order valence-corrected chi connectivity index (χ3v) is 5.57. The summed E-state index contributed by atoms with van der Waals surface area (Å²) in [7, 11) is 2.05. The van der Waals surface area contributed by atoms with Crippen LogP contribution >= 0.6 is 0 Å². The molecule has 0 bridgehead atoms. The quantitative estimate of drug-likeness (QED) is 0.540. The van der Waals surface area contributed by atoms with E-state index in [1.54, 1.807) is 0 Å². The van der Waals surface area contributed by atoms with Gasteiger partial charge in [0, 0.05) is 56.6 Å². The van der Waals surface area contributed by atoms with Crippen molar-refractivity contribution in [2.45, 2.75) is 6.54 Å². The van der Waals surface area contributed by atoms with Gasteiger partial charge in [-0.25, -0.2) is 15.0 Å². The van der Waals surface area contributed by atoms with Crippen LogP contribution in [-0.4, -0.2) is 50.6 Å². The van der Waals surface area contributed by atoms with Gasteiger partial charge in [0.1, 0.15) is 11.6 Å². The zero-order valence-corrected chi connectivity index (χ0v) is 16.6. The largest absolute Gasteiger partial charge is 0.353 e. The molecule has 1 aliphatic heterocycles. The van der Waals surface area contributed by atoms with Crippen LogP contribution in [0.5, 0.6) is 0 Å². The molecule has 1 fully saturated rings. The second-order valence-electron chi connectivity index (χ2n) is 7.47. The highest BCUT2D eigenvalue weighted by atomic mass is 15.3. The molecule has 0 atom stereocenters. The van der Waals surface area contributed by atoms with E-state index in [9.17, 15) is 0 Å². The van der Waals surface area contributed by atoms with Crippen LogP contribution in [0, 0.1) is 0 Å². The summed E-state index contributed by atoms with van der Waals surface area (Å²) in [5.41, 5.74) is 2.04. The van der Waals surface area contributed by atoms with Gasteiger partial charge in [-0.3, -0.25) is 4.90 Å². The molecule has 6 nitrogen and oxygen atoms in total. The maximum Gasteiger partial charge on any atom is 0.162 e. The number of fused-ring (bicyclic) bond motifs is 1. The number of aryl methyl sites for hydroxylation is 1. The average molecular weight is 384 g/mol. The number of piperazine rings is 1. The zero-order valence-electron chi connectivity index (χ0n) is 16.6. The molecule has 0 aliphatic carbocycles. The maximum absolute atomic E-state index is 4.99. The van der Waals surface area contributed by atoms with Gasteiger partial charge in [-0.1, -0.05) is 42.5 Å². The highest BCUT2D eigenvalue weighted by Crippen LogP contribution is 2.28. The van der Waals surface area contributed by atoms with Crippen molar-refractivity contribution in [1.29, 1.82) is 0 Å². The summed E-state index contributed by atoms with van der Waals surface area (Å²) in [6, 6.07) is 18.5. The Morgan fingerprint density at radius 1 is 0.862 bits per heavy atom. The third kappa shape index (κ3) is 3.59. The topological polar surface area (TPSA) is 50.1 Å². The van der Waals surface area contributed by atoms with Crippen LogP contribution in [0.4, 0.5) is 5.82 Å². The molecule has 3 heterocycles. The predicted molar refractivity (Wildman–Crippen MR) is 116 cm³/mol. The maximum atomic E-state index is 4.99. The van der Waals surface area contributed by atoms with Crippen LogP contribution in [0.3, 0.4) is 0 Å². The minimum atomic E-state index is 0.787. The fourth-order valence-electron chi connectivity index (χ4n) is 3.88. The third-order valence-electron chi connectivity index (χ3n) is 5.57. The van der Waals surface area contributed by atoms with Crippen LogP contribution < -0.4 is 4.90 Å². The van der Waals surface area contributed by atoms with Gasteiger partial charge < -0.3 is 9.47 Å². The van der Waals surface area contributed by atoms with Crippen molar-refractivity contribution in [3.8, 4) is 11.4 Å². The Morgan fingerprint density at radius 2 is 1.62 bits per heavy atom. The van der Waals surface area contributed by atoms with Gasteiger partial charge >= 0.3 is 0 Å². The number of benzene rings is 2. The number of hydrogen-bond donors (Lipinski definition) is 0. The summed E-state index contributed by atoms with van der Waals surface area (Å²) in [5, 5.41) is 1.12. The fraction of sp³-hybridized carbons (Fsp3) is 0.261. The summed E-state index contributed by atoms with van der Waals surface area (Å²) < 4.78 is 2.09. The predicted octanol–water partition coefficient (Wildman–Crippen LogP) is 3.35. The molecule has 0 N–H and O–H groups in total. The second-order valence-corrected chi connectivity index (χ2v) is 7.47. The number of aromatic nitrogens is 4. The van der Waals surface area contributed by atoms with E-state index in [4.69, 9.17) is 9.97 Å². The highest BCUT2D eigenvalue weighted by molar-refractivity contribution is 5.91. The van der Waals surface area contributed by atoms with Crippen molar-refractivity contribution in [3.63, 3.8) is 0 Å². The van der Waals surface area contributed by atoms with Gasteiger partial charge in [0.2, 0.25) is 0 Å². The Labute approximate surface area is 170 Å². The number of hydrogen-bond acceptors (Lipinski definition) is 5. The van der Waals surface area contributed by atoms with E-state index in [1.165, 1.54) is 0 Å². The highest BCUT2D eigenvalue weighted by Gasteiger charge is 2.22. The molecule has 146 valence electrons. The molecule has 2 aromatic heterocycles. The standard InChI is InChI=1S/C23H24N6/c1-27-12-11-24-21(27)17-28-13-15-29(16-14-28)23-19-9-5-6-10-20(19)25-22(26-23)18-7-3-2-4-8-18/h2-12H,13-17H2,1H3. The second kappa shape index (κ2) is 7.64. The van der Waals surface area contributed by atoms with Crippen LogP contribution in [0.25, 0.3) is 22.3 Å². The minimum absolute atomic E-state index is 0.787. The zero-order chi connectivity index (χ0) is 19.6. The molecule has 0 spiro atoms. The number of anilines is 1. The molecule has 6 heteroatoms. The van der Waals surface area contributed by atoms with Gasteiger partial charge in [0.05, 0.1) is 12.1 Å². The van der Waals surface area contributed by atoms with Crippen molar-refractivity contribution in [3.05, 3.63) is 72.8 Å². The molecule has 0 unspecified atom stereocenters. The van der Waals surface area contributed by atoms with Crippen LogP contribution in [0.1, 0.15) is 5.82 Å². The summed E-state index contributed by atoms with van der Waals surface area (Å²) in [4.78, 5) is 19.1. The molecule has 29 heavy (non-hydrogen) atoms. The van der Waals surface area contributed by atoms with Gasteiger partial charge in [0.25, 0.3) is 0 Å². The van der Waals surface area contributed by atoms with Crippen LogP contribution in [0.2, 0.25) is 0 Å². The molecule has 2 aromatic carbocycles. The molecular weight excluding hydrogens is 360 g/mol. The van der Waals surface area contributed by atoms with Gasteiger partial charge in [0.15, 0.2) is 5.82 Å². The minimum Gasteiger partial charge on any atom is -0.353 e.